The van der Waals surface area contributed by atoms with Gasteiger partial charge in [0.25, 0.3) is 0 Å². The smallest absolute Gasteiger partial charge is 0.319 e. The zero-order valence-corrected chi connectivity index (χ0v) is 10.9. The molecule has 1 aliphatic rings. The molecule has 1 amide bonds. The van der Waals surface area contributed by atoms with Gasteiger partial charge in [-0.05, 0) is 26.7 Å². The Morgan fingerprint density at radius 3 is 2.29 bits per heavy atom. The van der Waals surface area contributed by atoms with Gasteiger partial charge < -0.3 is 9.64 Å². The zero-order chi connectivity index (χ0) is 12.8. The number of amides is 1. The Balaban J connectivity index is 2.47. The van der Waals surface area contributed by atoms with Crippen LogP contribution in [0.3, 0.4) is 0 Å². The van der Waals surface area contributed by atoms with Gasteiger partial charge in [0.05, 0.1) is 20.2 Å². The van der Waals surface area contributed by atoms with Crippen LogP contribution in [-0.4, -0.2) is 61.0 Å². The average molecular weight is 242 g/mol. The van der Waals surface area contributed by atoms with Crippen molar-refractivity contribution in [1.29, 1.82) is 0 Å². The van der Waals surface area contributed by atoms with Gasteiger partial charge in [-0.15, -0.1) is 0 Å². The van der Waals surface area contributed by atoms with E-state index < -0.39 is 0 Å². The molecule has 0 radical (unpaired) electrons. The summed E-state index contributed by atoms with van der Waals surface area (Å²) in [6, 6.07) is 0.153. The van der Waals surface area contributed by atoms with Gasteiger partial charge in [-0.1, -0.05) is 0 Å². The molecular weight excluding hydrogens is 220 g/mol. The Hall–Kier alpha value is -1.10. The maximum atomic E-state index is 12.0. The van der Waals surface area contributed by atoms with Crippen molar-refractivity contribution in [3.63, 3.8) is 0 Å². The zero-order valence-electron chi connectivity index (χ0n) is 10.9. The highest BCUT2D eigenvalue weighted by atomic mass is 16.5. The van der Waals surface area contributed by atoms with Crippen molar-refractivity contribution in [3.8, 4) is 0 Å². The summed E-state index contributed by atoms with van der Waals surface area (Å²) in [4.78, 5) is 26.9. The van der Waals surface area contributed by atoms with Crippen molar-refractivity contribution >= 4 is 11.9 Å². The Morgan fingerprint density at radius 1 is 1.24 bits per heavy atom. The molecule has 5 nitrogen and oxygen atoms in total. The van der Waals surface area contributed by atoms with Gasteiger partial charge in [0.15, 0.2) is 0 Å². The molecule has 0 aromatic rings. The molecule has 17 heavy (non-hydrogen) atoms. The Morgan fingerprint density at radius 2 is 1.82 bits per heavy atom. The summed E-state index contributed by atoms with van der Waals surface area (Å²) in [6.45, 7) is 6.12. The van der Waals surface area contributed by atoms with E-state index in [1.54, 1.807) is 0 Å². The van der Waals surface area contributed by atoms with E-state index in [0.717, 1.165) is 25.9 Å². The highest BCUT2D eigenvalue weighted by Gasteiger charge is 2.23. The minimum absolute atomic E-state index is 0.111. The highest BCUT2D eigenvalue weighted by molar-refractivity contribution is 5.79. The molecule has 0 unspecified atom stereocenters. The molecule has 5 heteroatoms. The van der Waals surface area contributed by atoms with Gasteiger partial charge in [-0.3, -0.25) is 14.5 Å². The fourth-order valence-corrected chi connectivity index (χ4v) is 1.89. The average Bonchev–Trinajstić information content (AvgIpc) is 2.81. The Bertz CT molecular complexity index is 273. The normalized spacial score (nSPS) is 15.7. The summed E-state index contributed by atoms with van der Waals surface area (Å²) in [6.07, 6.45) is 2.18. The summed E-state index contributed by atoms with van der Waals surface area (Å²) in [5.41, 5.74) is 0. The van der Waals surface area contributed by atoms with Crippen LogP contribution >= 0.6 is 0 Å². The highest BCUT2D eigenvalue weighted by Crippen LogP contribution is 2.09. The number of nitrogens with zero attached hydrogens (tertiary/aromatic N) is 2. The van der Waals surface area contributed by atoms with E-state index in [1.807, 2.05) is 23.6 Å². The number of esters is 1. The van der Waals surface area contributed by atoms with Gasteiger partial charge in [0, 0.05) is 19.1 Å². The van der Waals surface area contributed by atoms with Gasteiger partial charge in [0.1, 0.15) is 0 Å². The molecular formula is C12H22N2O3. The third-order valence-corrected chi connectivity index (χ3v) is 3.09. The number of carbonyl (C=O) groups is 2. The molecule has 1 aliphatic heterocycles. The minimum Gasteiger partial charge on any atom is -0.468 e. The van der Waals surface area contributed by atoms with Crippen LogP contribution in [-0.2, 0) is 14.3 Å². The lowest BCUT2D eigenvalue weighted by Crippen LogP contribution is -2.44. The molecule has 1 saturated heterocycles. The quantitative estimate of drug-likeness (QED) is 0.658. The monoisotopic (exact) mass is 242 g/mol. The van der Waals surface area contributed by atoms with E-state index in [2.05, 4.69) is 4.74 Å². The molecule has 1 heterocycles. The molecule has 0 bridgehead atoms. The second-order valence-corrected chi connectivity index (χ2v) is 4.66. The van der Waals surface area contributed by atoms with E-state index in [4.69, 9.17) is 0 Å². The molecule has 0 aliphatic carbocycles. The number of methoxy groups -OCH3 is 1. The Kier molecular flexibility index (Phi) is 5.41. The van der Waals surface area contributed by atoms with Gasteiger partial charge >= 0.3 is 5.97 Å². The fourth-order valence-electron chi connectivity index (χ4n) is 1.89. The topological polar surface area (TPSA) is 49.9 Å². The van der Waals surface area contributed by atoms with E-state index in [1.165, 1.54) is 7.11 Å². The SMILES string of the molecule is COC(=O)CN(CC(=O)N1CCCC1)C(C)C. The number of carbonyl (C=O) groups excluding carboxylic acids is 2. The second kappa shape index (κ2) is 6.59. The lowest BCUT2D eigenvalue weighted by atomic mass is 10.3. The van der Waals surface area contributed by atoms with Crippen LogP contribution in [0.5, 0.6) is 0 Å². The van der Waals surface area contributed by atoms with E-state index in [-0.39, 0.29) is 24.5 Å². The summed E-state index contributed by atoms with van der Waals surface area (Å²) in [5, 5.41) is 0. The van der Waals surface area contributed by atoms with Crippen LogP contribution in [0.15, 0.2) is 0 Å². The summed E-state index contributed by atoms with van der Waals surface area (Å²) < 4.78 is 4.63. The molecule has 0 N–H and O–H groups in total. The minimum atomic E-state index is -0.298. The van der Waals surface area contributed by atoms with Crippen LogP contribution < -0.4 is 0 Å². The number of hydrogen-bond acceptors (Lipinski definition) is 4. The van der Waals surface area contributed by atoms with E-state index in [0.29, 0.717) is 6.54 Å². The molecule has 98 valence electrons. The maximum absolute atomic E-state index is 12.0. The van der Waals surface area contributed by atoms with Crippen LogP contribution in [0, 0.1) is 0 Å². The predicted molar refractivity (Wildman–Crippen MR) is 64.5 cm³/mol. The number of hydrogen-bond donors (Lipinski definition) is 0. The van der Waals surface area contributed by atoms with Crippen molar-refractivity contribution in [2.24, 2.45) is 0 Å². The first kappa shape index (κ1) is 14.0. The van der Waals surface area contributed by atoms with Crippen LogP contribution in [0.25, 0.3) is 0 Å². The number of ether oxygens (including phenoxy) is 1. The summed E-state index contributed by atoms with van der Waals surface area (Å²) >= 11 is 0. The number of likely N-dealkylation sites (tertiary alicyclic amines) is 1. The van der Waals surface area contributed by atoms with E-state index >= 15 is 0 Å². The van der Waals surface area contributed by atoms with Crippen molar-refractivity contribution in [2.75, 3.05) is 33.3 Å². The van der Waals surface area contributed by atoms with E-state index in [9.17, 15) is 9.59 Å². The first-order chi connectivity index (χ1) is 8.04. The van der Waals surface area contributed by atoms with Crippen molar-refractivity contribution in [3.05, 3.63) is 0 Å². The van der Waals surface area contributed by atoms with Gasteiger partial charge in [-0.2, -0.15) is 0 Å². The first-order valence-electron chi connectivity index (χ1n) is 6.13. The predicted octanol–water partition coefficient (Wildman–Crippen LogP) is 0.492. The molecule has 1 rings (SSSR count). The fraction of sp³-hybridized carbons (Fsp3) is 0.833. The van der Waals surface area contributed by atoms with Crippen molar-refractivity contribution < 1.29 is 14.3 Å². The largest absolute Gasteiger partial charge is 0.468 e. The van der Waals surface area contributed by atoms with Crippen molar-refractivity contribution in [2.45, 2.75) is 32.7 Å². The van der Waals surface area contributed by atoms with Crippen LogP contribution in [0.1, 0.15) is 26.7 Å². The third-order valence-electron chi connectivity index (χ3n) is 3.09. The van der Waals surface area contributed by atoms with Gasteiger partial charge in [0.2, 0.25) is 5.91 Å². The lowest BCUT2D eigenvalue weighted by Gasteiger charge is -2.26. The number of rotatable bonds is 5. The molecule has 0 spiro atoms. The first-order valence-corrected chi connectivity index (χ1v) is 6.13. The van der Waals surface area contributed by atoms with Crippen LogP contribution in [0.2, 0.25) is 0 Å². The molecule has 0 saturated carbocycles. The maximum Gasteiger partial charge on any atom is 0.319 e. The summed E-state index contributed by atoms with van der Waals surface area (Å²) in [7, 11) is 1.36. The lowest BCUT2D eigenvalue weighted by molar-refractivity contribution is -0.143. The van der Waals surface area contributed by atoms with Crippen molar-refractivity contribution in [1.82, 2.24) is 9.80 Å². The molecule has 1 fully saturated rings. The Labute approximate surface area is 103 Å². The van der Waals surface area contributed by atoms with Gasteiger partial charge in [-0.25, -0.2) is 0 Å². The third kappa shape index (κ3) is 4.34. The molecule has 0 aromatic carbocycles. The molecule has 0 aromatic heterocycles. The summed E-state index contributed by atoms with van der Waals surface area (Å²) in [5.74, 6) is -0.187. The standard InChI is InChI=1S/C12H22N2O3/c1-10(2)14(9-12(16)17-3)8-11(15)13-6-4-5-7-13/h10H,4-9H2,1-3H3. The molecule has 0 atom stereocenters. The van der Waals surface area contributed by atoms with Crippen LogP contribution in [0.4, 0.5) is 0 Å². The second-order valence-electron chi connectivity index (χ2n) is 4.66.